The number of hydrogen-bond donors (Lipinski definition) is 1. The van der Waals surface area contributed by atoms with Crippen molar-refractivity contribution in [2.45, 2.75) is 89.8 Å². The van der Waals surface area contributed by atoms with Crippen LogP contribution in [0.3, 0.4) is 0 Å². The number of hydrogen-bond acceptors (Lipinski definition) is 2. The fraction of sp³-hybridized carbons (Fsp3) is 0.714. The first-order valence-corrected chi connectivity index (χ1v) is 9.64. The van der Waals surface area contributed by atoms with Gasteiger partial charge in [-0.1, -0.05) is 57.4 Å². The van der Waals surface area contributed by atoms with Crippen LogP contribution in [0.15, 0.2) is 24.3 Å². The molecule has 1 saturated carbocycles. The summed E-state index contributed by atoms with van der Waals surface area (Å²) in [4.78, 5) is 0. The summed E-state index contributed by atoms with van der Waals surface area (Å²) in [5, 5.41) is 9.89. The zero-order chi connectivity index (χ0) is 16.5. The minimum atomic E-state index is -0.319. The number of unbranched alkanes of at least 4 members (excludes halogenated alkanes) is 3. The fourth-order valence-electron chi connectivity index (χ4n) is 3.57. The van der Waals surface area contributed by atoms with E-state index in [0.29, 0.717) is 12.0 Å². The van der Waals surface area contributed by atoms with Crippen molar-refractivity contribution < 1.29 is 9.84 Å². The Bertz CT molecular complexity index is 418. The van der Waals surface area contributed by atoms with E-state index in [1.165, 1.54) is 56.9 Å². The Morgan fingerprint density at radius 2 is 1.70 bits per heavy atom. The van der Waals surface area contributed by atoms with Crippen LogP contribution in [0.4, 0.5) is 0 Å². The van der Waals surface area contributed by atoms with Crippen LogP contribution in [-0.4, -0.2) is 17.8 Å². The summed E-state index contributed by atoms with van der Waals surface area (Å²) < 4.78 is 6.05. The molecule has 0 saturated heterocycles. The first kappa shape index (κ1) is 18.5. The Morgan fingerprint density at radius 1 is 1.00 bits per heavy atom. The molecule has 1 unspecified atom stereocenters. The van der Waals surface area contributed by atoms with Crippen LogP contribution >= 0.6 is 0 Å². The van der Waals surface area contributed by atoms with Crippen molar-refractivity contribution in [1.29, 1.82) is 0 Å². The normalized spacial score (nSPS) is 22.9. The zero-order valence-electron chi connectivity index (χ0n) is 15.0. The molecule has 0 aromatic heterocycles. The Hall–Kier alpha value is -0.860. The van der Waals surface area contributed by atoms with E-state index < -0.39 is 0 Å². The third-order valence-electron chi connectivity index (χ3n) is 5.20. The van der Waals surface area contributed by atoms with Crippen molar-refractivity contribution in [3.05, 3.63) is 35.4 Å². The number of aliphatic hydroxyl groups excluding tert-OH is 1. The van der Waals surface area contributed by atoms with Gasteiger partial charge in [0.05, 0.1) is 12.2 Å². The second-order valence-electron chi connectivity index (χ2n) is 7.00. The topological polar surface area (TPSA) is 29.5 Å². The van der Waals surface area contributed by atoms with Gasteiger partial charge in [0, 0.05) is 6.61 Å². The number of ether oxygens (including phenoxy) is 1. The molecular formula is C21H34O2. The Morgan fingerprint density at radius 3 is 2.30 bits per heavy atom. The SMILES string of the molecule is CCCCCCOC1CCC(c2ccc(C(O)CC)cc2)CC1. The third kappa shape index (κ3) is 5.93. The Labute approximate surface area is 142 Å². The van der Waals surface area contributed by atoms with Gasteiger partial charge in [-0.25, -0.2) is 0 Å². The van der Waals surface area contributed by atoms with E-state index in [1.807, 2.05) is 6.92 Å². The zero-order valence-corrected chi connectivity index (χ0v) is 15.0. The predicted octanol–water partition coefficient (Wildman–Crippen LogP) is 5.75. The summed E-state index contributed by atoms with van der Waals surface area (Å²) in [6.07, 6.45) is 10.9. The molecule has 1 aromatic carbocycles. The molecule has 1 aromatic rings. The number of aliphatic hydroxyl groups is 1. The largest absolute Gasteiger partial charge is 0.388 e. The van der Waals surface area contributed by atoms with E-state index in [-0.39, 0.29) is 6.10 Å². The van der Waals surface area contributed by atoms with E-state index in [0.717, 1.165) is 18.6 Å². The van der Waals surface area contributed by atoms with Gasteiger partial charge in [-0.05, 0) is 55.6 Å². The van der Waals surface area contributed by atoms with Crippen molar-refractivity contribution >= 4 is 0 Å². The molecule has 0 bridgehead atoms. The van der Waals surface area contributed by atoms with Gasteiger partial charge in [0.2, 0.25) is 0 Å². The highest BCUT2D eigenvalue weighted by Gasteiger charge is 2.22. The third-order valence-corrected chi connectivity index (χ3v) is 5.20. The molecule has 1 atom stereocenters. The molecule has 1 N–H and O–H groups in total. The first-order valence-electron chi connectivity index (χ1n) is 9.64. The standard InChI is InChI=1S/C21H34O2/c1-3-5-6-7-16-23-20-14-12-18(13-15-20)17-8-10-19(11-9-17)21(22)4-2/h8-11,18,20-22H,3-7,12-16H2,1-2H3. The predicted molar refractivity (Wildman–Crippen MR) is 96.8 cm³/mol. The van der Waals surface area contributed by atoms with E-state index in [1.54, 1.807) is 0 Å². The van der Waals surface area contributed by atoms with E-state index in [2.05, 4.69) is 31.2 Å². The molecular weight excluding hydrogens is 284 g/mol. The van der Waals surface area contributed by atoms with Crippen LogP contribution in [0, 0.1) is 0 Å². The van der Waals surface area contributed by atoms with Gasteiger partial charge >= 0.3 is 0 Å². The molecule has 0 radical (unpaired) electrons. The van der Waals surface area contributed by atoms with Crippen molar-refractivity contribution in [3.8, 4) is 0 Å². The van der Waals surface area contributed by atoms with Gasteiger partial charge in [0.25, 0.3) is 0 Å². The van der Waals surface area contributed by atoms with Crippen LogP contribution in [0.2, 0.25) is 0 Å². The summed E-state index contributed by atoms with van der Waals surface area (Å²) in [5.74, 6) is 0.669. The molecule has 1 aliphatic carbocycles. The lowest BCUT2D eigenvalue weighted by Gasteiger charge is -2.29. The highest BCUT2D eigenvalue weighted by atomic mass is 16.5. The minimum absolute atomic E-state index is 0.319. The molecule has 2 rings (SSSR count). The minimum Gasteiger partial charge on any atom is -0.388 e. The molecule has 1 aliphatic rings. The second kappa shape index (κ2) is 10.1. The maximum Gasteiger partial charge on any atom is 0.0787 e. The monoisotopic (exact) mass is 318 g/mol. The molecule has 0 aliphatic heterocycles. The van der Waals surface area contributed by atoms with Gasteiger partial charge < -0.3 is 9.84 Å². The molecule has 2 heteroatoms. The lowest BCUT2D eigenvalue weighted by Crippen LogP contribution is -2.21. The maximum atomic E-state index is 9.89. The summed E-state index contributed by atoms with van der Waals surface area (Å²) in [5.41, 5.74) is 2.47. The van der Waals surface area contributed by atoms with Crippen LogP contribution in [0.1, 0.15) is 94.8 Å². The van der Waals surface area contributed by atoms with Gasteiger partial charge in [-0.3, -0.25) is 0 Å². The van der Waals surface area contributed by atoms with Gasteiger partial charge in [0.15, 0.2) is 0 Å². The second-order valence-corrected chi connectivity index (χ2v) is 7.00. The first-order chi connectivity index (χ1) is 11.2. The average Bonchev–Trinajstić information content (AvgIpc) is 2.61. The molecule has 23 heavy (non-hydrogen) atoms. The van der Waals surface area contributed by atoms with Crippen LogP contribution in [0.5, 0.6) is 0 Å². The maximum absolute atomic E-state index is 9.89. The molecule has 0 heterocycles. The van der Waals surface area contributed by atoms with Crippen LogP contribution in [0.25, 0.3) is 0 Å². The molecule has 130 valence electrons. The lowest BCUT2D eigenvalue weighted by molar-refractivity contribution is 0.0226. The smallest absolute Gasteiger partial charge is 0.0787 e. The molecule has 0 spiro atoms. The highest BCUT2D eigenvalue weighted by Crippen LogP contribution is 2.34. The van der Waals surface area contributed by atoms with Gasteiger partial charge in [-0.15, -0.1) is 0 Å². The number of rotatable bonds is 9. The highest BCUT2D eigenvalue weighted by molar-refractivity contribution is 5.27. The van der Waals surface area contributed by atoms with Crippen molar-refractivity contribution in [1.82, 2.24) is 0 Å². The average molecular weight is 319 g/mol. The van der Waals surface area contributed by atoms with E-state index in [4.69, 9.17) is 4.74 Å². The number of benzene rings is 1. The van der Waals surface area contributed by atoms with Crippen LogP contribution in [-0.2, 0) is 4.74 Å². The van der Waals surface area contributed by atoms with Crippen molar-refractivity contribution in [3.63, 3.8) is 0 Å². The quantitative estimate of drug-likeness (QED) is 0.587. The lowest BCUT2D eigenvalue weighted by atomic mass is 9.82. The molecule has 1 fully saturated rings. The van der Waals surface area contributed by atoms with Crippen molar-refractivity contribution in [2.24, 2.45) is 0 Å². The summed E-state index contributed by atoms with van der Waals surface area (Å²) in [6, 6.07) is 8.62. The Kier molecular flexibility index (Phi) is 8.11. The van der Waals surface area contributed by atoms with Crippen LogP contribution < -0.4 is 0 Å². The van der Waals surface area contributed by atoms with E-state index in [9.17, 15) is 5.11 Å². The van der Waals surface area contributed by atoms with E-state index >= 15 is 0 Å². The summed E-state index contributed by atoms with van der Waals surface area (Å²) in [7, 11) is 0. The van der Waals surface area contributed by atoms with Gasteiger partial charge in [0.1, 0.15) is 0 Å². The fourth-order valence-corrected chi connectivity index (χ4v) is 3.57. The molecule has 0 amide bonds. The summed E-state index contributed by atoms with van der Waals surface area (Å²) >= 11 is 0. The van der Waals surface area contributed by atoms with Gasteiger partial charge in [-0.2, -0.15) is 0 Å². The van der Waals surface area contributed by atoms with Crippen molar-refractivity contribution in [2.75, 3.05) is 6.61 Å². The Balaban J connectivity index is 1.71. The molecule has 2 nitrogen and oxygen atoms in total. The summed E-state index contributed by atoms with van der Waals surface area (Å²) in [6.45, 7) is 5.21.